The smallest absolute Gasteiger partial charge is 0.269 e. The zero-order valence-electron chi connectivity index (χ0n) is 12.1. The van der Waals surface area contributed by atoms with Crippen LogP contribution in [-0.2, 0) is 13.0 Å². The Bertz CT molecular complexity index is 831. The lowest BCUT2D eigenvalue weighted by molar-refractivity contribution is 0.0994. The molecular formula is C15H14N6O2. The minimum absolute atomic E-state index is 0.0133. The van der Waals surface area contributed by atoms with Crippen LogP contribution in [-0.4, -0.2) is 26.0 Å². The Morgan fingerprint density at radius 2 is 1.96 bits per heavy atom. The van der Waals surface area contributed by atoms with Gasteiger partial charge in [0, 0.05) is 6.54 Å². The van der Waals surface area contributed by atoms with Crippen LogP contribution in [0.1, 0.15) is 27.6 Å². The third-order valence-corrected chi connectivity index (χ3v) is 3.17. The standard InChI is InChI=1S/C15H14N6O2/c16-7-10-13(14(17)22)19-11(8-18-10)15-20-12(23-21-15)6-9-4-2-1-3-5-9/h1-5,8H,6-7,16H2,(H2,17,22). The average Bonchev–Trinajstić information content (AvgIpc) is 3.03. The number of amides is 1. The average molecular weight is 310 g/mol. The Labute approximate surface area is 131 Å². The van der Waals surface area contributed by atoms with Crippen LogP contribution in [0.3, 0.4) is 0 Å². The number of hydrogen-bond acceptors (Lipinski definition) is 7. The maximum atomic E-state index is 11.4. The molecule has 2 aromatic heterocycles. The van der Waals surface area contributed by atoms with E-state index in [0.29, 0.717) is 23.7 Å². The summed E-state index contributed by atoms with van der Waals surface area (Å²) in [5.74, 6) is -0.0150. The first-order chi connectivity index (χ1) is 11.2. The summed E-state index contributed by atoms with van der Waals surface area (Å²) >= 11 is 0. The van der Waals surface area contributed by atoms with E-state index in [1.807, 2.05) is 30.3 Å². The third kappa shape index (κ3) is 3.22. The van der Waals surface area contributed by atoms with Crippen molar-refractivity contribution in [3.8, 4) is 11.5 Å². The summed E-state index contributed by atoms with van der Waals surface area (Å²) in [6.07, 6.45) is 1.94. The molecule has 0 atom stereocenters. The van der Waals surface area contributed by atoms with E-state index in [2.05, 4.69) is 20.1 Å². The minimum Gasteiger partial charge on any atom is -0.364 e. The molecule has 1 aromatic carbocycles. The molecule has 23 heavy (non-hydrogen) atoms. The highest BCUT2D eigenvalue weighted by atomic mass is 16.5. The number of benzene rings is 1. The number of carbonyl (C=O) groups is 1. The number of hydrogen-bond donors (Lipinski definition) is 2. The molecule has 0 saturated carbocycles. The Kier molecular flexibility index (Phi) is 4.07. The summed E-state index contributed by atoms with van der Waals surface area (Å²) < 4.78 is 5.21. The number of carbonyl (C=O) groups excluding carboxylic acids is 1. The van der Waals surface area contributed by atoms with Gasteiger partial charge in [0.05, 0.1) is 18.3 Å². The Balaban J connectivity index is 1.88. The minimum atomic E-state index is -0.701. The van der Waals surface area contributed by atoms with Crippen molar-refractivity contribution in [3.63, 3.8) is 0 Å². The zero-order chi connectivity index (χ0) is 16.2. The van der Waals surface area contributed by atoms with E-state index in [-0.39, 0.29) is 18.1 Å². The molecule has 0 aliphatic rings. The Hall–Kier alpha value is -3.13. The number of primary amides is 1. The van der Waals surface area contributed by atoms with Crippen LogP contribution in [0.15, 0.2) is 41.1 Å². The number of nitrogens with two attached hydrogens (primary N) is 2. The lowest BCUT2D eigenvalue weighted by Gasteiger charge is -2.03. The Morgan fingerprint density at radius 3 is 2.65 bits per heavy atom. The number of aromatic nitrogens is 4. The summed E-state index contributed by atoms with van der Waals surface area (Å²) in [4.78, 5) is 23.9. The molecule has 8 nitrogen and oxygen atoms in total. The van der Waals surface area contributed by atoms with Gasteiger partial charge in [-0.05, 0) is 5.56 Å². The molecule has 0 radical (unpaired) electrons. The van der Waals surface area contributed by atoms with E-state index in [9.17, 15) is 4.79 Å². The lowest BCUT2D eigenvalue weighted by atomic mass is 10.1. The normalized spacial score (nSPS) is 10.7. The van der Waals surface area contributed by atoms with Crippen LogP contribution in [0, 0.1) is 0 Å². The molecule has 0 fully saturated rings. The van der Waals surface area contributed by atoms with Gasteiger partial charge in [0.25, 0.3) is 5.91 Å². The highest BCUT2D eigenvalue weighted by Crippen LogP contribution is 2.16. The van der Waals surface area contributed by atoms with E-state index >= 15 is 0 Å². The molecule has 0 aliphatic carbocycles. The summed E-state index contributed by atoms with van der Waals surface area (Å²) in [5, 5.41) is 3.87. The van der Waals surface area contributed by atoms with E-state index < -0.39 is 5.91 Å². The first-order valence-electron chi connectivity index (χ1n) is 6.90. The molecule has 3 rings (SSSR count). The van der Waals surface area contributed by atoms with E-state index in [4.69, 9.17) is 16.0 Å². The zero-order valence-corrected chi connectivity index (χ0v) is 12.1. The Morgan fingerprint density at radius 1 is 1.17 bits per heavy atom. The first-order valence-corrected chi connectivity index (χ1v) is 6.90. The topological polar surface area (TPSA) is 134 Å². The molecule has 4 N–H and O–H groups in total. The monoisotopic (exact) mass is 310 g/mol. The lowest BCUT2D eigenvalue weighted by Crippen LogP contribution is -2.19. The van der Waals surface area contributed by atoms with Gasteiger partial charge < -0.3 is 16.0 Å². The summed E-state index contributed by atoms with van der Waals surface area (Å²) in [7, 11) is 0. The van der Waals surface area contributed by atoms with Crippen molar-refractivity contribution in [1.29, 1.82) is 0 Å². The predicted molar refractivity (Wildman–Crippen MR) is 81.0 cm³/mol. The number of rotatable bonds is 5. The van der Waals surface area contributed by atoms with Crippen molar-refractivity contribution in [2.24, 2.45) is 11.5 Å². The summed E-state index contributed by atoms with van der Waals surface area (Å²) in [6.45, 7) is 0.0665. The van der Waals surface area contributed by atoms with Gasteiger partial charge in [-0.15, -0.1) is 0 Å². The van der Waals surface area contributed by atoms with Gasteiger partial charge in [0.15, 0.2) is 5.69 Å². The molecule has 8 heteroatoms. The highest BCUT2D eigenvalue weighted by molar-refractivity contribution is 5.92. The van der Waals surface area contributed by atoms with Crippen molar-refractivity contribution in [1.82, 2.24) is 20.1 Å². The maximum absolute atomic E-state index is 11.4. The molecular weight excluding hydrogens is 296 g/mol. The van der Waals surface area contributed by atoms with Gasteiger partial charge in [0.1, 0.15) is 5.69 Å². The van der Waals surface area contributed by atoms with E-state index in [1.165, 1.54) is 6.20 Å². The van der Waals surface area contributed by atoms with Crippen molar-refractivity contribution >= 4 is 5.91 Å². The van der Waals surface area contributed by atoms with Gasteiger partial charge in [-0.25, -0.2) is 4.98 Å². The molecule has 116 valence electrons. The highest BCUT2D eigenvalue weighted by Gasteiger charge is 2.16. The predicted octanol–water partition coefficient (Wildman–Crippen LogP) is 0.675. The maximum Gasteiger partial charge on any atom is 0.269 e. The molecule has 3 aromatic rings. The van der Waals surface area contributed by atoms with Gasteiger partial charge in [-0.2, -0.15) is 4.98 Å². The van der Waals surface area contributed by atoms with Crippen LogP contribution in [0.5, 0.6) is 0 Å². The molecule has 0 unspecified atom stereocenters. The molecule has 0 spiro atoms. The molecule has 0 bridgehead atoms. The van der Waals surface area contributed by atoms with Crippen LogP contribution >= 0.6 is 0 Å². The second-order valence-electron chi connectivity index (χ2n) is 4.79. The summed E-state index contributed by atoms with van der Waals surface area (Å²) in [5.41, 5.74) is 12.5. The third-order valence-electron chi connectivity index (χ3n) is 3.17. The van der Waals surface area contributed by atoms with Crippen LogP contribution in [0.25, 0.3) is 11.5 Å². The fraction of sp³-hybridized carbons (Fsp3) is 0.133. The number of nitrogens with zero attached hydrogens (tertiary/aromatic N) is 4. The molecule has 1 amide bonds. The first kappa shape index (κ1) is 14.8. The quantitative estimate of drug-likeness (QED) is 0.707. The fourth-order valence-corrected chi connectivity index (χ4v) is 2.07. The largest absolute Gasteiger partial charge is 0.364 e. The molecule has 0 aliphatic heterocycles. The second-order valence-corrected chi connectivity index (χ2v) is 4.79. The molecule has 0 saturated heterocycles. The summed E-state index contributed by atoms with van der Waals surface area (Å²) in [6, 6.07) is 9.73. The van der Waals surface area contributed by atoms with Gasteiger partial charge in [-0.1, -0.05) is 35.5 Å². The van der Waals surface area contributed by atoms with E-state index in [0.717, 1.165) is 5.56 Å². The van der Waals surface area contributed by atoms with Crippen LogP contribution < -0.4 is 11.5 Å². The van der Waals surface area contributed by atoms with Gasteiger partial charge in [-0.3, -0.25) is 9.78 Å². The fourth-order valence-electron chi connectivity index (χ4n) is 2.07. The molecule has 2 heterocycles. The van der Waals surface area contributed by atoms with Crippen molar-refractivity contribution in [2.75, 3.05) is 0 Å². The van der Waals surface area contributed by atoms with E-state index in [1.54, 1.807) is 0 Å². The SMILES string of the molecule is NCc1ncc(-c2noc(Cc3ccccc3)n2)nc1C(N)=O. The van der Waals surface area contributed by atoms with Crippen LogP contribution in [0.4, 0.5) is 0 Å². The van der Waals surface area contributed by atoms with Gasteiger partial charge in [0.2, 0.25) is 11.7 Å². The van der Waals surface area contributed by atoms with Crippen molar-refractivity contribution in [3.05, 3.63) is 59.4 Å². The van der Waals surface area contributed by atoms with Gasteiger partial charge >= 0.3 is 0 Å². The van der Waals surface area contributed by atoms with Crippen LogP contribution in [0.2, 0.25) is 0 Å². The van der Waals surface area contributed by atoms with Crippen molar-refractivity contribution in [2.45, 2.75) is 13.0 Å². The van der Waals surface area contributed by atoms with Crippen molar-refractivity contribution < 1.29 is 9.32 Å². The second kappa shape index (κ2) is 6.32.